The summed E-state index contributed by atoms with van der Waals surface area (Å²) in [5.74, 6) is -0.177. The monoisotopic (exact) mass is 228 g/mol. The molecule has 15 heavy (non-hydrogen) atoms. The normalized spacial score (nSPS) is 12.2. The van der Waals surface area contributed by atoms with E-state index in [-0.39, 0.29) is 11.9 Å². The van der Waals surface area contributed by atoms with Crippen LogP contribution in [-0.4, -0.2) is 30.6 Å². The number of carbonyl (C=O) groups is 1. The van der Waals surface area contributed by atoms with Crippen LogP contribution in [0.4, 0.5) is 0 Å². The highest BCUT2D eigenvalue weighted by Gasteiger charge is 2.09. The van der Waals surface area contributed by atoms with Crippen molar-refractivity contribution in [1.82, 2.24) is 10.3 Å². The van der Waals surface area contributed by atoms with Crippen LogP contribution in [0.5, 0.6) is 0 Å². The van der Waals surface area contributed by atoms with Gasteiger partial charge >= 0.3 is 0 Å². The number of amides is 1. The van der Waals surface area contributed by atoms with Gasteiger partial charge in [-0.3, -0.25) is 4.79 Å². The molecule has 0 bridgehead atoms. The molecule has 1 atom stereocenters. The van der Waals surface area contributed by atoms with Crippen LogP contribution in [0, 0.1) is 0 Å². The van der Waals surface area contributed by atoms with Crippen LogP contribution in [0.1, 0.15) is 17.3 Å². The van der Waals surface area contributed by atoms with Crippen LogP contribution in [0.25, 0.3) is 0 Å². The Morgan fingerprint density at radius 1 is 1.67 bits per heavy atom. The van der Waals surface area contributed by atoms with Gasteiger partial charge in [0.05, 0.1) is 12.2 Å². The van der Waals surface area contributed by atoms with Gasteiger partial charge in [-0.25, -0.2) is 4.98 Å². The summed E-state index contributed by atoms with van der Waals surface area (Å²) in [5.41, 5.74) is 0.488. The smallest absolute Gasteiger partial charge is 0.253 e. The number of hydrogen-bond donors (Lipinski definition) is 1. The van der Waals surface area contributed by atoms with Gasteiger partial charge in [0, 0.05) is 19.3 Å². The number of nitrogens with zero attached hydrogens (tertiary/aromatic N) is 1. The largest absolute Gasteiger partial charge is 0.383 e. The summed E-state index contributed by atoms with van der Waals surface area (Å²) in [6, 6.07) is 3.18. The highest BCUT2D eigenvalue weighted by atomic mass is 35.5. The first-order valence-corrected chi connectivity index (χ1v) is 4.92. The van der Waals surface area contributed by atoms with Crippen molar-refractivity contribution < 1.29 is 9.53 Å². The molecule has 1 aromatic heterocycles. The van der Waals surface area contributed by atoms with Gasteiger partial charge in [0.2, 0.25) is 0 Å². The van der Waals surface area contributed by atoms with Crippen LogP contribution in [-0.2, 0) is 4.74 Å². The second kappa shape index (κ2) is 5.68. The van der Waals surface area contributed by atoms with Crippen molar-refractivity contribution in [2.75, 3.05) is 13.7 Å². The molecule has 1 aromatic rings. The minimum Gasteiger partial charge on any atom is -0.383 e. The van der Waals surface area contributed by atoms with Gasteiger partial charge in [0.1, 0.15) is 5.15 Å². The van der Waals surface area contributed by atoms with Crippen molar-refractivity contribution in [1.29, 1.82) is 0 Å². The highest BCUT2D eigenvalue weighted by Crippen LogP contribution is 2.05. The van der Waals surface area contributed by atoms with Crippen molar-refractivity contribution in [3.05, 3.63) is 29.0 Å². The third kappa shape index (κ3) is 3.85. The van der Waals surface area contributed by atoms with Crippen LogP contribution < -0.4 is 5.32 Å². The fraction of sp³-hybridized carbons (Fsp3) is 0.400. The Hall–Kier alpha value is -1.13. The van der Waals surface area contributed by atoms with Gasteiger partial charge in [-0.2, -0.15) is 0 Å². The number of rotatable bonds is 4. The first-order valence-electron chi connectivity index (χ1n) is 4.55. The Bertz CT molecular complexity index is 327. The van der Waals surface area contributed by atoms with Crippen molar-refractivity contribution in [2.24, 2.45) is 0 Å². The molecule has 0 aromatic carbocycles. The Balaban J connectivity index is 2.57. The topological polar surface area (TPSA) is 51.2 Å². The average Bonchev–Trinajstić information content (AvgIpc) is 2.18. The molecule has 0 aliphatic carbocycles. The molecule has 1 N–H and O–H groups in total. The van der Waals surface area contributed by atoms with Gasteiger partial charge in [0.15, 0.2) is 0 Å². The first-order chi connectivity index (χ1) is 7.13. The van der Waals surface area contributed by atoms with E-state index in [0.717, 1.165) is 0 Å². The molecule has 1 heterocycles. The molecule has 82 valence electrons. The molecule has 0 spiro atoms. The van der Waals surface area contributed by atoms with Crippen molar-refractivity contribution in [3.8, 4) is 0 Å². The lowest BCUT2D eigenvalue weighted by atomic mass is 10.2. The second-order valence-corrected chi connectivity index (χ2v) is 3.59. The van der Waals surface area contributed by atoms with Gasteiger partial charge in [-0.15, -0.1) is 0 Å². The molecule has 0 radical (unpaired) electrons. The zero-order chi connectivity index (χ0) is 11.3. The molecule has 0 aliphatic heterocycles. The van der Waals surface area contributed by atoms with Crippen LogP contribution in [0.15, 0.2) is 18.3 Å². The standard InChI is InChI=1S/C10H13ClN2O2/c1-7(6-15-2)13-10(14)8-3-4-9(11)12-5-8/h3-5,7H,6H2,1-2H3,(H,13,14)/t7-/m0/s1. The maximum Gasteiger partial charge on any atom is 0.253 e. The van der Waals surface area contributed by atoms with E-state index >= 15 is 0 Å². The number of carbonyl (C=O) groups excluding carboxylic acids is 1. The van der Waals surface area contributed by atoms with E-state index in [1.54, 1.807) is 19.2 Å². The van der Waals surface area contributed by atoms with Crippen LogP contribution in [0.2, 0.25) is 5.15 Å². The summed E-state index contributed by atoms with van der Waals surface area (Å²) >= 11 is 5.61. The van der Waals surface area contributed by atoms with Gasteiger partial charge in [-0.05, 0) is 19.1 Å². The van der Waals surface area contributed by atoms with E-state index in [1.807, 2.05) is 6.92 Å². The second-order valence-electron chi connectivity index (χ2n) is 3.20. The van der Waals surface area contributed by atoms with E-state index in [1.165, 1.54) is 6.20 Å². The van der Waals surface area contributed by atoms with E-state index in [9.17, 15) is 4.79 Å². The maximum absolute atomic E-state index is 11.6. The lowest BCUT2D eigenvalue weighted by Crippen LogP contribution is -2.35. The number of methoxy groups -OCH3 is 1. The zero-order valence-corrected chi connectivity index (χ0v) is 9.41. The van der Waals surface area contributed by atoms with Crippen molar-refractivity contribution >= 4 is 17.5 Å². The van der Waals surface area contributed by atoms with Crippen molar-refractivity contribution in [2.45, 2.75) is 13.0 Å². The highest BCUT2D eigenvalue weighted by molar-refractivity contribution is 6.29. The summed E-state index contributed by atoms with van der Waals surface area (Å²) in [6.07, 6.45) is 1.44. The third-order valence-corrected chi connectivity index (χ3v) is 2.01. The van der Waals surface area contributed by atoms with Gasteiger partial charge < -0.3 is 10.1 Å². The average molecular weight is 229 g/mol. The number of aromatic nitrogens is 1. The number of hydrogen-bond acceptors (Lipinski definition) is 3. The fourth-order valence-corrected chi connectivity index (χ4v) is 1.22. The third-order valence-electron chi connectivity index (χ3n) is 1.78. The molecule has 0 saturated carbocycles. The van der Waals surface area contributed by atoms with Crippen LogP contribution in [0.3, 0.4) is 0 Å². The SMILES string of the molecule is COC[C@H](C)NC(=O)c1ccc(Cl)nc1. The zero-order valence-electron chi connectivity index (χ0n) is 8.66. The number of pyridine rings is 1. The van der Waals surface area contributed by atoms with E-state index in [4.69, 9.17) is 16.3 Å². The predicted molar refractivity (Wildman–Crippen MR) is 58.1 cm³/mol. The molecule has 0 saturated heterocycles. The number of halogens is 1. The van der Waals surface area contributed by atoms with Crippen molar-refractivity contribution in [3.63, 3.8) is 0 Å². The number of ether oxygens (including phenoxy) is 1. The molecule has 1 amide bonds. The Morgan fingerprint density at radius 3 is 2.93 bits per heavy atom. The Morgan fingerprint density at radius 2 is 2.40 bits per heavy atom. The first kappa shape index (κ1) is 11.9. The summed E-state index contributed by atoms with van der Waals surface area (Å²) < 4.78 is 4.91. The summed E-state index contributed by atoms with van der Waals surface area (Å²) in [5, 5.41) is 3.14. The fourth-order valence-electron chi connectivity index (χ4n) is 1.11. The molecule has 0 fully saturated rings. The van der Waals surface area contributed by atoms with E-state index in [0.29, 0.717) is 17.3 Å². The molecular weight excluding hydrogens is 216 g/mol. The van der Waals surface area contributed by atoms with E-state index < -0.39 is 0 Å². The summed E-state index contributed by atoms with van der Waals surface area (Å²) in [7, 11) is 1.59. The van der Waals surface area contributed by atoms with Gasteiger partial charge in [0.25, 0.3) is 5.91 Å². The lowest BCUT2D eigenvalue weighted by Gasteiger charge is -2.12. The molecule has 0 aliphatic rings. The minimum absolute atomic E-state index is 0.0295. The number of nitrogens with one attached hydrogen (secondary N) is 1. The molecule has 0 unspecified atom stereocenters. The summed E-state index contributed by atoms with van der Waals surface area (Å²) in [6.45, 7) is 2.34. The molecule has 1 rings (SSSR count). The molecule has 4 nitrogen and oxygen atoms in total. The predicted octanol–water partition coefficient (Wildman–Crippen LogP) is 1.50. The molecule has 5 heteroatoms. The van der Waals surface area contributed by atoms with Crippen LogP contribution >= 0.6 is 11.6 Å². The minimum atomic E-state index is -0.177. The summed E-state index contributed by atoms with van der Waals surface area (Å²) in [4.78, 5) is 15.4. The quantitative estimate of drug-likeness (QED) is 0.795. The van der Waals surface area contributed by atoms with Gasteiger partial charge in [-0.1, -0.05) is 11.6 Å². The Labute approximate surface area is 93.6 Å². The maximum atomic E-state index is 11.6. The lowest BCUT2D eigenvalue weighted by molar-refractivity contribution is 0.0905. The Kier molecular flexibility index (Phi) is 4.52. The molecular formula is C10H13ClN2O2. The van der Waals surface area contributed by atoms with E-state index in [2.05, 4.69) is 10.3 Å².